The van der Waals surface area contributed by atoms with E-state index in [9.17, 15) is 9.59 Å². The van der Waals surface area contributed by atoms with Crippen molar-refractivity contribution in [2.24, 2.45) is 0 Å². The van der Waals surface area contributed by atoms with Crippen LogP contribution >= 0.6 is 0 Å². The molecule has 5 heteroatoms. The smallest absolute Gasteiger partial charge is 0.408 e. The largest absolute Gasteiger partial charge is 0.417 e. The predicted octanol–water partition coefficient (Wildman–Crippen LogP) is 1.10. The SMILES string of the molecule is CC(=O)N(C)c1ccc2oc(=O)[nH]c2c1. The number of nitrogens with zero attached hydrogens (tertiary/aromatic N) is 1. The van der Waals surface area contributed by atoms with Crippen LogP contribution in [0.15, 0.2) is 27.4 Å². The molecule has 1 amide bonds. The number of amides is 1. The maximum atomic E-state index is 11.1. The summed E-state index contributed by atoms with van der Waals surface area (Å²) in [6.07, 6.45) is 0. The number of aromatic nitrogens is 1. The van der Waals surface area contributed by atoms with Crippen molar-refractivity contribution in [2.75, 3.05) is 11.9 Å². The Bertz CT molecular complexity index is 567. The third-order valence-corrected chi connectivity index (χ3v) is 2.26. The highest BCUT2D eigenvalue weighted by Crippen LogP contribution is 2.18. The minimum Gasteiger partial charge on any atom is -0.408 e. The number of carbonyl (C=O) groups is 1. The lowest BCUT2D eigenvalue weighted by atomic mass is 10.2. The van der Waals surface area contributed by atoms with E-state index in [1.165, 1.54) is 11.8 Å². The zero-order valence-electron chi connectivity index (χ0n) is 8.40. The van der Waals surface area contributed by atoms with Gasteiger partial charge in [-0.05, 0) is 18.2 Å². The van der Waals surface area contributed by atoms with E-state index in [0.717, 1.165) is 0 Å². The van der Waals surface area contributed by atoms with Crippen molar-refractivity contribution in [2.45, 2.75) is 6.92 Å². The van der Waals surface area contributed by atoms with E-state index in [1.54, 1.807) is 25.2 Å². The van der Waals surface area contributed by atoms with Crippen LogP contribution < -0.4 is 10.7 Å². The fourth-order valence-electron chi connectivity index (χ4n) is 1.33. The van der Waals surface area contributed by atoms with E-state index < -0.39 is 5.76 Å². The van der Waals surface area contributed by atoms with Gasteiger partial charge in [0.15, 0.2) is 5.58 Å². The number of anilines is 1. The lowest BCUT2D eigenvalue weighted by molar-refractivity contribution is -0.116. The highest BCUT2D eigenvalue weighted by molar-refractivity contribution is 5.92. The molecular formula is C10H10N2O3. The number of nitrogens with one attached hydrogen (secondary N) is 1. The van der Waals surface area contributed by atoms with Crippen LogP contribution in [-0.2, 0) is 4.79 Å². The Kier molecular flexibility index (Phi) is 2.07. The quantitative estimate of drug-likeness (QED) is 0.759. The number of hydrogen-bond donors (Lipinski definition) is 1. The fourth-order valence-corrected chi connectivity index (χ4v) is 1.33. The minimum absolute atomic E-state index is 0.0693. The fraction of sp³-hybridized carbons (Fsp3) is 0.200. The topological polar surface area (TPSA) is 66.3 Å². The molecule has 0 saturated heterocycles. The van der Waals surface area contributed by atoms with Gasteiger partial charge in [0.05, 0.1) is 5.52 Å². The van der Waals surface area contributed by atoms with Crippen LogP contribution in [0.3, 0.4) is 0 Å². The zero-order valence-corrected chi connectivity index (χ0v) is 8.40. The van der Waals surface area contributed by atoms with E-state index in [-0.39, 0.29) is 5.91 Å². The summed E-state index contributed by atoms with van der Waals surface area (Å²) < 4.78 is 4.85. The first-order chi connectivity index (χ1) is 7.08. The molecule has 0 spiro atoms. The minimum atomic E-state index is -0.493. The van der Waals surface area contributed by atoms with Gasteiger partial charge in [0.1, 0.15) is 0 Å². The van der Waals surface area contributed by atoms with Crippen LogP contribution in [0.1, 0.15) is 6.92 Å². The van der Waals surface area contributed by atoms with Crippen LogP contribution in [0.4, 0.5) is 5.69 Å². The molecule has 0 saturated carbocycles. The number of benzene rings is 1. The van der Waals surface area contributed by atoms with E-state index in [1.807, 2.05) is 0 Å². The molecule has 1 aromatic carbocycles. The third-order valence-electron chi connectivity index (χ3n) is 2.26. The van der Waals surface area contributed by atoms with Crippen molar-refractivity contribution >= 4 is 22.7 Å². The van der Waals surface area contributed by atoms with Crippen LogP contribution in [-0.4, -0.2) is 17.9 Å². The predicted molar refractivity (Wildman–Crippen MR) is 55.9 cm³/mol. The lowest BCUT2D eigenvalue weighted by Crippen LogP contribution is -2.22. The van der Waals surface area contributed by atoms with Gasteiger partial charge < -0.3 is 9.32 Å². The molecule has 1 aromatic heterocycles. The number of carbonyl (C=O) groups excluding carboxylic acids is 1. The highest BCUT2D eigenvalue weighted by Gasteiger charge is 2.07. The number of hydrogen-bond acceptors (Lipinski definition) is 3. The first kappa shape index (κ1) is 9.51. The van der Waals surface area contributed by atoms with Crippen molar-refractivity contribution in [3.05, 3.63) is 28.7 Å². The normalized spacial score (nSPS) is 10.5. The second kappa shape index (κ2) is 3.27. The Hall–Kier alpha value is -2.04. The van der Waals surface area contributed by atoms with Crippen molar-refractivity contribution in [3.8, 4) is 0 Å². The van der Waals surface area contributed by atoms with E-state index in [2.05, 4.69) is 4.98 Å². The molecule has 0 unspecified atom stereocenters. The summed E-state index contributed by atoms with van der Waals surface area (Å²) in [4.78, 5) is 26.0. The van der Waals surface area contributed by atoms with Gasteiger partial charge in [-0.25, -0.2) is 4.79 Å². The first-order valence-corrected chi connectivity index (χ1v) is 4.45. The van der Waals surface area contributed by atoms with Gasteiger partial charge in [-0.2, -0.15) is 0 Å². The van der Waals surface area contributed by atoms with Gasteiger partial charge in [0, 0.05) is 19.7 Å². The lowest BCUT2D eigenvalue weighted by Gasteiger charge is -2.14. The average Bonchev–Trinajstić information content (AvgIpc) is 2.55. The Labute approximate surface area is 85.3 Å². The van der Waals surface area contributed by atoms with E-state index in [0.29, 0.717) is 16.8 Å². The third kappa shape index (κ3) is 1.63. The zero-order chi connectivity index (χ0) is 11.0. The maximum Gasteiger partial charge on any atom is 0.417 e. The molecular weight excluding hydrogens is 196 g/mol. The highest BCUT2D eigenvalue weighted by atomic mass is 16.4. The number of oxazole rings is 1. The molecule has 1 heterocycles. The average molecular weight is 206 g/mol. The monoisotopic (exact) mass is 206 g/mol. The van der Waals surface area contributed by atoms with Gasteiger partial charge in [0.25, 0.3) is 0 Å². The molecule has 0 atom stereocenters. The molecule has 0 aliphatic rings. The number of fused-ring (bicyclic) bond motifs is 1. The molecule has 1 N–H and O–H groups in total. The van der Waals surface area contributed by atoms with Gasteiger partial charge in [-0.15, -0.1) is 0 Å². The maximum absolute atomic E-state index is 11.1. The van der Waals surface area contributed by atoms with Crippen molar-refractivity contribution in [1.29, 1.82) is 0 Å². The first-order valence-electron chi connectivity index (χ1n) is 4.45. The van der Waals surface area contributed by atoms with Gasteiger partial charge in [-0.3, -0.25) is 9.78 Å². The van der Waals surface area contributed by atoms with Crippen molar-refractivity contribution < 1.29 is 9.21 Å². The summed E-state index contributed by atoms with van der Waals surface area (Å²) in [6, 6.07) is 5.07. The van der Waals surface area contributed by atoms with Crippen molar-refractivity contribution in [3.63, 3.8) is 0 Å². The van der Waals surface area contributed by atoms with Crippen molar-refractivity contribution in [1.82, 2.24) is 4.98 Å². The molecule has 15 heavy (non-hydrogen) atoms. The van der Waals surface area contributed by atoms with Gasteiger partial charge in [-0.1, -0.05) is 0 Å². The van der Waals surface area contributed by atoms with Crippen LogP contribution in [0, 0.1) is 0 Å². The molecule has 5 nitrogen and oxygen atoms in total. The molecule has 78 valence electrons. The van der Waals surface area contributed by atoms with Crippen LogP contribution in [0.5, 0.6) is 0 Å². The van der Waals surface area contributed by atoms with E-state index >= 15 is 0 Å². The Morgan fingerprint density at radius 2 is 2.20 bits per heavy atom. The number of rotatable bonds is 1. The Morgan fingerprint density at radius 1 is 1.47 bits per heavy atom. The molecule has 0 fully saturated rings. The molecule has 0 aliphatic carbocycles. The standard InChI is InChI=1S/C10H10N2O3/c1-6(13)12(2)7-3-4-9-8(5-7)11-10(14)15-9/h3-5H,1-2H3,(H,11,14). The summed E-state index contributed by atoms with van der Waals surface area (Å²) in [5, 5.41) is 0. The summed E-state index contributed by atoms with van der Waals surface area (Å²) in [6.45, 7) is 1.47. The second-order valence-electron chi connectivity index (χ2n) is 3.27. The van der Waals surface area contributed by atoms with E-state index in [4.69, 9.17) is 4.42 Å². The van der Waals surface area contributed by atoms with Gasteiger partial charge >= 0.3 is 5.76 Å². The molecule has 2 rings (SSSR count). The molecule has 0 aliphatic heterocycles. The van der Waals surface area contributed by atoms with Crippen LogP contribution in [0.25, 0.3) is 11.1 Å². The summed E-state index contributed by atoms with van der Waals surface area (Å²) in [5.74, 6) is -0.562. The molecule has 0 radical (unpaired) electrons. The molecule has 2 aromatic rings. The number of H-pyrrole nitrogens is 1. The summed E-state index contributed by atoms with van der Waals surface area (Å²) in [7, 11) is 1.67. The summed E-state index contributed by atoms with van der Waals surface area (Å²) >= 11 is 0. The Balaban J connectivity index is 2.55. The number of aromatic amines is 1. The van der Waals surface area contributed by atoms with Crippen LogP contribution in [0.2, 0.25) is 0 Å². The summed E-state index contributed by atoms with van der Waals surface area (Å²) in [5.41, 5.74) is 1.79. The van der Waals surface area contributed by atoms with Gasteiger partial charge in [0.2, 0.25) is 5.91 Å². The Morgan fingerprint density at radius 3 is 2.87 bits per heavy atom. The molecule has 0 bridgehead atoms. The second-order valence-corrected chi connectivity index (χ2v) is 3.27.